The number of aromatic nitrogens is 1. The Labute approximate surface area is 75.8 Å². The molecule has 1 aromatic rings. The number of nitrogens with zero attached hydrogens (tertiary/aromatic N) is 1. The van der Waals surface area contributed by atoms with Gasteiger partial charge in [-0.05, 0) is 6.92 Å². The molecule has 0 fully saturated rings. The molecule has 0 radical (unpaired) electrons. The lowest BCUT2D eigenvalue weighted by Crippen LogP contribution is -2.14. The fraction of sp³-hybridized carbons (Fsp3) is 0.333. The van der Waals surface area contributed by atoms with Gasteiger partial charge in [-0.1, -0.05) is 0 Å². The summed E-state index contributed by atoms with van der Waals surface area (Å²) in [5, 5.41) is 0. The lowest BCUT2D eigenvalue weighted by Gasteiger charge is -2.04. The van der Waals surface area contributed by atoms with Crippen LogP contribution in [0.2, 0.25) is 0 Å². The van der Waals surface area contributed by atoms with E-state index in [1.165, 1.54) is 12.1 Å². The highest BCUT2D eigenvalue weighted by molar-refractivity contribution is 5.69. The summed E-state index contributed by atoms with van der Waals surface area (Å²) in [7, 11) is 0. The number of hydrogen-bond acceptors (Lipinski definition) is 3. The van der Waals surface area contributed by atoms with Crippen LogP contribution in [-0.4, -0.2) is 17.1 Å². The van der Waals surface area contributed by atoms with E-state index in [2.05, 4.69) is 0 Å². The van der Waals surface area contributed by atoms with Crippen molar-refractivity contribution >= 4 is 5.97 Å². The van der Waals surface area contributed by atoms with Crippen molar-refractivity contribution in [2.45, 2.75) is 13.5 Å². The molecule has 0 unspecified atom stereocenters. The number of carbonyl (C=O) groups excluding carboxylic acids is 1. The summed E-state index contributed by atoms with van der Waals surface area (Å²) in [5.74, 6) is -0.300. The number of rotatable bonds is 3. The predicted octanol–water partition coefficient (Wildman–Crippen LogP) is 0.411. The monoisotopic (exact) mass is 181 g/mol. The quantitative estimate of drug-likeness (QED) is 0.634. The summed E-state index contributed by atoms with van der Waals surface area (Å²) in [4.78, 5) is 21.7. The number of pyridine rings is 1. The van der Waals surface area contributed by atoms with Crippen LogP contribution in [0.4, 0.5) is 0 Å². The Morgan fingerprint density at radius 2 is 2.08 bits per heavy atom. The molecule has 1 aromatic heterocycles. The van der Waals surface area contributed by atoms with Gasteiger partial charge in [0, 0.05) is 24.5 Å². The van der Waals surface area contributed by atoms with Crippen molar-refractivity contribution in [2.24, 2.45) is 0 Å². The van der Waals surface area contributed by atoms with E-state index in [1.807, 2.05) is 0 Å². The largest absolute Gasteiger partial charge is 0.465 e. The van der Waals surface area contributed by atoms with Crippen LogP contribution < -0.4 is 5.43 Å². The van der Waals surface area contributed by atoms with E-state index in [4.69, 9.17) is 4.74 Å². The Hall–Kier alpha value is -1.58. The zero-order chi connectivity index (χ0) is 9.68. The van der Waals surface area contributed by atoms with Gasteiger partial charge in [0.25, 0.3) is 0 Å². The summed E-state index contributed by atoms with van der Waals surface area (Å²) in [6.07, 6.45) is 3.11. The molecule has 0 amide bonds. The molecule has 0 aromatic carbocycles. The first-order chi connectivity index (χ1) is 6.22. The van der Waals surface area contributed by atoms with Crippen LogP contribution in [0.25, 0.3) is 0 Å². The average Bonchev–Trinajstić information content (AvgIpc) is 2.09. The fourth-order valence-corrected chi connectivity index (χ4v) is 0.905. The average molecular weight is 181 g/mol. The van der Waals surface area contributed by atoms with Gasteiger partial charge in [-0.3, -0.25) is 9.59 Å². The van der Waals surface area contributed by atoms with Gasteiger partial charge in [-0.2, -0.15) is 0 Å². The molecule has 1 rings (SSSR count). The van der Waals surface area contributed by atoms with E-state index in [0.29, 0.717) is 6.61 Å². The van der Waals surface area contributed by atoms with Crippen LogP contribution in [-0.2, 0) is 16.1 Å². The number of esters is 1. The van der Waals surface area contributed by atoms with Gasteiger partial charge in [-0.25, -0.2) is 0 Å². The molecule has 0 atom stereocenters. The topological polar surface area (TPSA) is 48.3 Å². The Kier molecular flexibility index (Phi) is 3.25. The van der Waals surface area contributed by atoms with E-state index in [9.17, 15) is 9.59 Å². The van der Waals surface area contributed by atoms with Crippen LogP contribution in [0.5, 0.6) is 0 Å². The molecule has 0 saturated carbocycles. The highest BCUT2D eigenvalue weighted by Crippen LogP contribution is 1.87. The predicted molar refractivity (Wildman–Crippen MR) is 47.3 cm³/mol. The van der Waals surface area contributed by atoms with Crippen LogP contribution in [0.15, 0.2) is 29.3 Å². The maximum absolute atomic E-state index is 11.0. The molecular formula is C9H11NO3. The summed E-state index contributed by atoms with van der Waals surface area (Å²) in [6, 6.07) is 2.80. The van der Waals surface area contributed by atoms with Crippen molar-refractivity contribution < 1.29 is 9.53 Å². The van der Waals surface area contributed by atoms with Gasteiger partial charge in [0.05, 0.1) is 6.61 Å². The summed E-state index contributed by atoms with van der Waals surface area (Å²) < 4.78 is 6.33. The minimum atomic E-state index is -0.300. The van der Waals surface area contributed by atoms with Crippen molar-refractivity contribution in [3.8, 4) is 0 Å². The first-order valence-electron chi connectivity index (χ1n) is 4.04. The van der Waals surface area contributed by atoms with Crippen LogP contribution in [0.1, 0.15) is 6.92 Å². The Bertz CT molecular complexity index is 322. The van der Waals surface area contributed by atoms with Crippen molar-refractivity contribution in [3.05, 3.63) is 34.7 Å². The molecule has 0 aliphatic heterocycles. The van der Waals surface area contributed by atoms with Gasteiger partial charge in [0.1, 0.15) is 6.54 Å². The van der Waals surface area contributed by atoms with E-state index in [1.54, 1.807) is 23.9 Å². The summed E-state index contributed by atoms with van der Waals surface area (Å²) >= 11 is 0. The first-order valence-corrected chi connectivity index (χ1v) is 4.04. The van der Waals surface area contributed by atoms with Crippen LogP contribution in [0, 0.1) is 0 Å². The van der Waals surface area contributed by atoms with Crippen LogP contribution in [0.3, 0.4) is 0 Å². The standard InChI is InChI=1S/C9H11NO3/c1-2-13-9(12)7-10-5-3-8(11)4-6-10/h3-6H,2,7H2,1H3. The Morgan fingerprint density at radius 1 is 1.46 bits per heavy atom. The number of ether oxygens (including phenoxy) is 1. The first kappa shape index (κ1) is 9.51. The number of carbonyl (C=O) groups is 1. The van der Waals surface area contributed by atoms with Crippen molar-refractivity contribution in [2.75, 3.05) is 6.61 Å². The van der Waals surface area contributed by atoms with E-state index < -0.39 is 0 Å². The fourth-order valence-electron chi connectivity index (χ4n) is 0.905. The number of hydrogen-bond donors (Lipinski definition) is 0. The van der Waals surface area contributed by atoms with Gasteiger partial charge < -0.3 is 9.30 Å². The third-order valence-corrected chi connectivity index (χ3v) is 1.48. The molecule has 0 saturated heterocycles. The second kappa shape index (κ2) is 4.45. The van der Waals surface area contributed by atoms with Crippen LogP contribution >= 0.6 is 0 Å². The van der Waals surface area contributed by atoms with Gasteiger partial charge in [-0.15, -0.1) is 0 Å². The normalized spacial score (nSPS) is 9.62. The summed E-state index contributed by atoms with van der Waals surface area (Å²) in [5.41, 5.74) is -0.0693. The van der Waals surface area contributed by atoms with Gasteiger partial charge >= 0.3 is 5.97 Å². The highest BCUT2D eigenvalue weighted by atomic mass is 16.5. The molecule has 0 N–H and O–H groups in total. The Morgan fingerprint density at radius 3 is 2.62 bits per heavy atom. The maximum Gasteiger partial charge on any atom is 0.325 e. The Balaban J connectivity index is 2.59. The molecule has 4 heteroatoms. The second-order valence-electron chi connectivity index (χ2n) is 2.51. The molecule has 13 heavy (non-hydrogen) atoms. The molecule has 70 valence electrons. The molecule has 0 bridgehead atoms. The van der Waals surface area contributed by atoms with Crippen molar-refractivity contribution in [1.82, 2.24) is 4.57 Å². The maximum atomic E-state index is 11.0. The third-order valence-electron chi connectivity index (χ3n) is 1.48. The smallest absolute Gasteiger partial charge is 0.325 e. The van der Waals surface area contributed by atoms with Crippen molar-refractivity contribution in [3.63, 3.8) is 0 Å². The summed E-state index contributed by atoms with van der Waals surface area (Å²) in [6.45, 7) is 2.27. The lowest BCUT2D eigenvalue weighted by molar-refractivity contribution is -0.143. The second-order valence-corrected chi connectivity index (χ2v) is 2.51. The zero-order valence-electron chi connectivity index (χ0n) is 7.40. The minimum absolute atomic E-state index is 0.0693. The lowest BCUT2D eigenvalue weighted by atomic mass is 10.4. The molecule has 4 nitrogen and oxygen atoms in total. The molecule has 0 aliphatic carbocycles. The van der Waals surface area contributed by atoms with Gasteiger partial charge in [0.15, 0.2) is 5.43 Å². The van der Waals surface area contributed by atoms with E-state index >= 15 is 0 Å². The zero-order valence-corrected chi connectivity index (χ0v) is 7.40. The molecule has 0 spiro atoms. The third kappa shape index (κ3) is 3.11. The highest BCUT2D eigenvalue weighted by Gasteiger charge is 2.00. The molecule has 1 heterocycles. The van der Waals surface area contributed by atoms with E-state index in [-0.39, 0.29) is 17.9 Å². The van der Waals surface area contributed by atoms with Crippen molar-refractivity contribution in [1.29, 1.82) is 0 Å². The van der Waals surface area contributed by atoms with E-state index in [0.717, 1.165) is 0 Å². The minimum Gasteiger partial charge on any atom is -0.465 e. The molecule has 0 aliphatic rings. The molecular weight excluding hydrogens is 170 g/mol. The SMILES string of the molecule is CCOC(=O)Cn1ccc(=O)cc1. The van der Waals surface area contributed by atoms with Gasteiger partial charge in [0.2, 0.25) is 0 Å².